The summed E-state index contributed by atoms with van der Waals surface area (Å²) < 4.78 is 28.0. The Morgan fingerprint density at radius 1 is 1.44 bits per heavy atom. The molecular weight excluding hydrogens is 262 g/mol. The van der Waals surface area contributed by atoms with Gasteiger partial charge in [0.05, 0.1) is 12.4 Å². The van der Waals surface area contributed by atoms with Crippen LogP contribution in [0.15, 0.2) is 0 Å². The number of rotatable bonds is 5. The molecule has 8 heteroatoms. The van der Waals surface area contributed by atoms with E-state index in [4.69, 9.17) is 5.11 Å². The van der Waals surface area contributed by atoms with Crippen molar-refractivity contribution in [2.45, 2.75) is 30.6 Å². The zero-order chi connectivity index (χ0) is 13.8. The van der Waals surface area contributed by atoms with E-state index >= 15 is 0 Å². The summed E-state index contributed by atoms with van der Waals surface area (Å²) in [5.74, 6) is -2.02. The fraction of sp³-hybridized carbons (Fsp3) is 0.800. The van der Waals surface area contributed by atoms with Crippen molar-refractivity contribution in [2.75, 3.05) is 19.5 Å². The standard InChI is InChI=1S/C10H17NO6S/c1-17-6-7(10(13)14)11-9(12)8-4-2-3-5-18(8,15)16/h7-8H,2-6H2,1H3,(H,11,12)(H,13,14). The first kappa shape index (κ1) is 14.9. The van der Waals surface area contributed by atoms with Gasteiger partial charge >= 0.3 is 5.97 Å². The number of ether oxygens (including phenoxy) is 1. The van der Waals surface area contributed by atoms with E-state index in [2.05, 4.69) is 10.1 Å². The summed E-state index contributed by atoms with van der Waals surface area (Å²) in [5.41, 5.74) is 0. The summed E-state index contributed by atoms with van der Waals surface area (Å²) >= 11 is 0. The molecule has 1 aliphatic rings. The number of carbonyl (C=O) groups is 2. The topological polar surface area (TPSA) is 110 Å². The molecule has 0 aromatic heterocycles. The Labute approximate surface area is 105 Å². The van der Waals surface area contributed by atoms with E-state index in [9.17, 15) is 18.0 Å². The third kappa shape index (κ3) is 3.67. The van der Waals surface area contributed by atoms with Crippen LogP contribution in [-0.4, -0.2) is 56.2 Å². The Hall–Kier alpha value is -1.15. The molecular formula is C10H17NO6S. The Morgan fingerprint density at radius 3 is 2.61 bits per heavy atom. The minimum Gasteiger partial charge on any atom is -0.480 e. The van der Waals surface area contributed by atoms with Crippen LogP contribution in [0.1, 0.15) is 19.3 Å². The van der Waals surface area contributed by atoms with Crippen LogP contribution < -0.4 is 5.32 Å². The number of hydrogen-bond donors (Lipinski definition) is 2. The predicted molar refractivity (Wildman–Crippen MR) is 62.9 cm³/mol. The zero-order valence-corrected chi connectivity index (χ0v) is 10.9. The molecule has 0 spiro atoms. The van der Waals surface area contributed by atoms with Gasteiger partial charge in [-0.15, -0.1) is 0 Å². The lowest BCUT2D eigenvalue weighted by atomic mass is 10.1. The van der Waals surface area contributed by atoms with E-state index in [1.165, 1.54) is 7.11 Å². The lowest BCUT2D eigenvalue weighted by Crippen LogP contribution is -2.50. The van der Waals surface area contributed by atoms with Gasteiger partial charge in [-0.1, -0.05) is 6.42 Å². The van der Waals surface area contributed by atoms with Crippen molar-refractivity contribution in [3.8, 4) is 0 Å². The van der Waals surface area contributed by atoms with Gasteiger partial charge in [0, 0.05) is 7.11 Å². The maximum atomic E-state index is 11.8. The van der Waals surface area contributed by atoms with Crippen LogP contribution in [0, 0.1) is 0 Å². The normalized spacial score (nSPS) is 24.2. The highest BCUT2D eigenvalue weighted by molar-refractivity contribution is 7.92. The summed E-state index contributed by atoms with van der Waals surface area (Å²) in [7, 11) is -2.15. The first-order valence-electron chi connectivity index (χ1n) is 5.62. The van der Waals surface area contributed by atoms with Gasteiger partial charge in [-0.2, -0.15) is 0 Å². The molecule has 2 atom stereocenters. The van der Waals surface area contributed by atoms with Gasteiger partial charge in [0.15, 0.2) is 15.9 Å². The highest BCUT2D eigenvalue weighted by Gasteiger charge is 2.36. The second-order valence-electron chi connectivity index (χ2n) is 4.21. The van der Waals surface area contributed by atoms with E-state index in [1.807, 2.05) is 0 Å². The van der Waals surface area contributed by atoms with Crippen molar-refractivity contribution in [3.05, 3.63) is 0 Å². The second kappa shape index (κ2) is 6.14. The van der Waals surface area contributed by atoms with Crippen molar-refractivity contribution in [3.63, 3.8) is 0 Å². The fourth-order valence-corrected chi connectivity index (χ4v) is 3.67. The number of carboxylic acid groups (broad SMARTS) is 1. The molecule has 18 heavy (non-hydrogen) atoms. The molecule has 2 unspecified atom stereocenters. The van der Waals surface area contributed by atoms with Crippen molar-refractivity contribution < 1.29 is 27.9 Å². The molecule has 1 rings (SSSR count). The molecule has 0 aromatic rings. The van der Waals surface area contributed by atoms with Crippen molar-refractivity contribution in [1.29, 1.82) is 0 Å². The number of aliphatic carboxylic acids is 1. The first-order chi connectivity index (χ1) is 8.38. The average molecular weight is 279 g/mol. The second-order valence-corrected chi connectivity index (χ2v) is 6.51. The molecule has 1 saturated heterocycles. The third-order valence-corrected chi connectivity index (χ3v) is 4.99. The number of sulfone groups is 1. The van der Waals surface area contributed by atoms with Crippen molar-refractivity contribution in [1.82, 2.24) is 5.32 Å². The van der Waals surface area contributed by atoms with Crippen molar-refractivity contribution >= 4 is 21.7 Å². The highest BCUT2D eigenvalue weighted by atomic mass is 32.2. The van der Waals surface area contributed by atoms with E-state index < -0.39 is 33.0 Å². The molecule has 0 bridgehead atoms. The molecule has 0 saturated carbocycles. The third-order valence-electron chi connectivity index (χ3n) is 2.82. The van der Waals surface area contributed by atoms with Gasteiger partial charge in [0.25, 0.3) is 0 Å². The Morgan fingerprint density at radius 2 is 2.11 bits per heavy atom. The highest BCUT2D eigenvalue weighted by Crippen LogP contribution is 2.19. The number of hydrogen-bond acceptors (Lipinski definition) is 5. The van der Waals surface area contributed by atoms with E-state index in [1.54, 1.807) is 0 Å². The summed E-state index contributed by atoms with van der Waals surface area (Å²) in [6, 6.07) is -1.22. The average Bonchev–Trinajstić information content (AvgIpc) is 2.27. The lowest BCUT2D eigenvalue weighted by molar-refractivity contribution is -0.143. The molecule has 1 aliphatic heterocycles. The van der Waals surface area contributed by atoms with Gasteiger partial charge in [0.1, 0.15) is 5.25 Å². The summed E-state index contributed by atoms with van der Waals surface area (Å²) in [6.07, 6.45) is 1.44. The number of carbonyl (C=O) groups excluding carboxylic acids is 1. The quantitative estimate of drug-likeness (QED) is 0.679. The van der Waals surface area contributed by atoms with Gasteiger partial charge in [-0.25, -0.2) is 13.2 Å². The van der Waals surface area contributed by atoms with Gasteiger partial charge in [0.2, 0.25) is 5.91 Å². The number of carboxylic acids is 1. The van der Waals surface area contributed by atoms with Crippen LogP contribution in [0.3, 0.4) is 0 Å². The molecule has 1 fully saturated rings. The molecule has 1 heterocycles. The Kier molecular flexibility index (Phi) is 5.09. The van der Waals surface area contributed by atoms with E-state index in [-0.39, 0.29) is 18.8 Å². The minimum absolute atomic E-state index is 0.0207. The lowest BCUT2D eigenvalue weighted by Gasteiger charge is -2.23. The molecule has 0 aromatic carbocycles. The molecule has 1 amide bonds. The molecule has 104 valence electrons. The van der Waals surface area contributed by atoms with Gasteiger partial charge in [-0.3, -0.25) is 4.79 Å². The summed E-state index contributed by atoms with van der Waals surface area (Å²) in [5, 5.41) is 9.90. The largest absolute Gasteiger partial charge is 0.480 e. The number of nitrogens with one attached hydrogen (secondary N) is 1. The first-order valence-corrected chi connectivity index (χ1v) is 7.33. The molecule has 2 N–H and O–H groups in total. The van der Waals surface area contributed by atoms with Crippen LogP contribution in [0.4, 0.5) is 0 Å². The monoisotopic (exact) mass is 279 g/mol. The Bertz CT molecular complexity index is 418. The summed E-state index contributed by atoms with van der Waals surface area (Å²) in [6.45, 7) is -0.201. The SMILES string of the molecule is COCC(NC(=O)C1CCCCS1(=O)=O)C(=O)O. The molecule has 0 radical (unpaired) electrons. The van der Waals surface area contributed by atoms with E-state index in [0.29, 0.717) is 12.8 Å². The van der Waals surface area contributed by atoms with Crippen LogP contribution >= 0.6 is 0 Å². The van der Waals surface area contributed by atoms with Crippen LogP contribution in [0.25, 0.3) is 0 Å². The maximum absolute atomic E-state index is 11.8. The fourth-order valence-electron chi connectivity index (χ4n) is 1.86. The zero-order valence-electron chi connectivity index (χ0n) is 10.1. The van der Waals surface area contributed by atoms with Crippen LogP contribution in [-0.2, 0) is 24.2 Å². The van der Waals surface area contributed by atoms with Crippen LogP contribution in [0.2, 0.25) is 0 Å². The van der Waals surface area contributed by atoms with Crippen molar-refractivity contribution in [2.24, 2.45) is 0 Å². The van der Waals surface area contributed by atoms with Gasteiger partial charge in [-0.05, 0) is 12.8 Å². The Balaban J connectivity index is 2.71. The van der Waals surface area contributed by atoms with Gasteiger partial charge < -0.3 is 15.2 Å². The van der Waals surface area contributed by atoms with E-state index in [0.717, 1.165) is 0 Å². The maximum Gasteiger partial charge on any atom is 0.328 e. The smallest absolute Gasteiger partial charge is 0.328 e. The number of amides is 1. The molecule has 7 nitrogen and oxygen atoms in total. The summed E-state index contributed by atoms with van der Waals surface area (Å²) in [4.78, 5) is 22.6. The number of methoxy groups -OCH3 is 1. The van der Waals surface area contributed by atoms with Crippen LogP contribution in [0.5, 0.6) is 0 Å². The molecule has 0 aliphatic carbocycles. The minimum atomic E-state index is -3.45. The predicted octanol–water partition coefficient (Wildman–Crippen LogP) is -0.830.